The number of hydrogen-bond donors (Lipinski definition) is 1. The van der Waals surface area contributed by atoms with Crippen molar-refractivity contribution in [2.75, 3.05) is 20.2 Å². The first-order valence-corrected chi connectivity index (χ1v) is 8.30. The summed E-state index contributed by atoms with van der Waals surface area (Å²) in [6, 6.07) is 10.1. The summed E-state index contributed by atoms with van der Waals surface area (Å²) in [4.78, 5) is 14.1. The molecule has 0 saturated heterocycles. The van der Waals surface area contributed by atoms with Gasteiger partial charge in [0.05, 0.1) is 12.6 Å². The molecule has 1 fully saturated rings. The van der Waals surface area contributed by atoms with E-state index in [1.165, 1.54) is 0 Å². The SMILES string of the molecule is C=CCOc1ccc(CN(C)CC(=O)NC2(C#N)CCCC2)cc1. The van der Waals surface area contributed by atoms with Gasteiger partial charge in [0.2, 0.25) is 5.91 Å². The number of likely N-dealkylation sites (N-methyl/N-ethyl adjacent to an activating group) is 1. The molecule has 5 heteroatoms. The van der Waals surface area contributed by atoms with E-state index < -0.39 is 5.54 Å². The summed E-state index contributed by atoms with van der Waals surface area (Å²) in [5, 5.41) is 12.2. The molecule has 1 N–H and O–H groups in total. The van der Waals surface area contributed by atoms with Crippen LogP contribution >= 0.6 is 0 Å². The van der Waals surface area contributed by atoms with E-state index in [-0.39, 0.29) is 12.5 Å². The van der Waals surface area contributed by atoms with Crippen LogP contribution in [-0.4, -0.2) is 36.5 Å². The smallest absolute Gasteiger partial charge is 0.235 e. The van der Waals surface area contributed by atoms with Crippen molar-refractivity contribution in [3.63, 3.8) is 0 Å². The van der Waals surface area contributed by atoms with Gasteiger partial charge < -0.3 is 10.1 Å². The zero-order valence-electron chi connectivity index (χ0n) is 14.3. The van der Waals surface area contributed by atoms with Crippen LogP contribution in [0, 0.1) is 11.3 Å². The molecule has 0 bridgehead atoms. The Morgan fingerprint density at radius 3 is 2.67 bits per heavy atom. The first-order valence-electron chi connectivity index (χ1n) is 8.30. The minimum atomic E-state index is -0.651. The van der Waals surface area contributed by atoms with Crippen LogP contribution < -0.4 is 10.1 Å². The van der Waals surface area contributed by atoms with Crippen LogP contribution in [0.15, 0.2) is 36.9 Å². The van der Waals surface area contributed by atoms with Gasteiger partial charge in [-0.15, -0.1) is 0 Å². The van der Waals surface area contributed by atoms with E-state index >= 15 is 0 Å². The van der Waals surface area contributed by atoms with Crippen LogP contribution in [0.2, 0.25) is 0 Å². The number of ether oxygens (including phenoxy) is 1. The van der Waals surface area contributed by atoms with Crippen molar-refractivity contribution >= 4 is 5.91 Å². The van der Waals surface area contributed by atoms with Crippen LogP contribution in [0.4, 0.5) is 0 Å². The molecule has 0 atom stereocenters. The lowest BCUT2D eigenvalue weighted by molar-refractivity contribution is -0.123. The number of nitrogens with one attached hydrogen (secondary N) is 1. The lowest BCUT2D eigenvalue weighted by Gasteiger charge is -2.24. The molecule has 1 saturated carbocycles. The van der Waals surface area contributed by atoms with E-state index in [0.717, 1.165) is 37.0 Å². The number of rotatable bonds is 8. The van der Waals surface area contributed by atoms with E-state index in [1.54, 1.807) is 6.08 Å². The molecule has 128 valence electrons. The first kappa shape index (κ1) is 18.0. The number of nitriles is 1. The van der Waals surface area contributed by atoms with Crippen molar-refractivity contribution in [2.24, 2.45) is 0 Å². The Balaban J connectivity index is 1.82. The summed E-state index contributed by atoms with van der Waals surface area (Å²) in [6.45, 7) is 5.04. The number of hydrogen-bond acceptors (Lipinski definition) is 4. The lowest BCUT2D eigenvalue weighted by Crippen LogP contribution is -2.48. The van der Waals surface area contributed by atoms with Gasteiger partial charge in [-0.05, 0) is 50.4 Å². The minimum Gasteiger partial charge on any atom is -0.490 e. The van der Waals surface area contributed by atoms with Gasteiger partial charge in [-0.3, -0.25) is 9.69 Å². The predicted octanol–water partition coefficient (Wildman–Crippen LogP) is 2.64. The summed E-state index contributed by atoms with van der Waals surface area (Å²) < 4.78 is 5.45. The molecule has 1 aliphatic rings. The quantitative estimate of drug-likeness (QED) is 0.746. The largest absolute Gasteiger partial charge is 0.490 e. The average molecular weight is 327 g/mol. The minimum absolute atomic E-state index is 0.0908. The molecule has 0 unspecified atom stereocenters. The van der Waals surface area contributed by atoms with Crippen molar-refractivity contribution < 1.29 is 9.53 Å². The molecule has 0 heterocycles. The molecule has 0 aromatic heterocycles. The van der Waals surface area contributed by atoms with Gasteiger partial charge >= 0.3 is 0 Å². The number of carbonyl (C=O) groups is 1. The summed E-state index contributed by atoms with van der Waals surface area (Å²) >= 11 is 0. The highest BCUT2D eigenvalue weighted by Crippen LogP contribution is 2.28. The van der Waals surface area contributed by atoms with Gasteiger partial charge in [0.15, 0.2) is 0 Å². The zero-order valence-corrected chi connectivity index (χ0v) is 14.3. The monoisotopic (exact) mass is 327 g/mol. The first-order chi connectivity index (χ1) is 11.6. The lowest BCUT2D eigenvalue weighted by atomic mass is 10.00. The van der Waals surface area contributed by atoms with Gasteiger partial charge in [0, 0.05) is 6.54 Å². The van der Waals surface area contributed by atoms with E-state index in [2.05, 4.69) is 18.0 Å². The third kappa shape index (κ3) is 5.10. The Labute approximate surface area is 143 Å². The number of nitrogens with zero attached hydrogens (tertiary/aromatic N) is 2. The summed E-state index contributed by atoms with van der Waals surface area (Å²) in [6.07, 6.45) is 5.23. The molecular weight excluding hydrogens is 302 g/mol. The van der Waals surface area contributed by atoms with Crippen molar-refractivity contribution in [3.05, 3.63) is 42.5 Å². The molecule has 0 radical (unpaired) electrons. The molecular formula is C19H25N3O2. The topological polar surface area (TPSA) is 65.4 Å². The van der Waals surface area contributed by atoms with Crippen molar-refractivity contribution in [1.29, 1.82) is 5.26 Å². The maximum absolute atomic E-state index is 12.2. The molecule has 0 spiro atoms. The van der Waals surface area contributed by atoms with Gasteiger partial charge in [-0.25, -0.2) is 0 Å². The fourth-order valence-electron chi connectivity index (χ4n) is 3.01. The molecule has 0 aliphatic heterocycles. The molecule has 24 heavy (non-hydrogen) atoms. The third-order valence-electron chi connectivity index (χ3n) is 4.21. The fourth-order valence-corrected chi connectivity index (χ4v) is 3.01. The molecule has 1 aromatic rings. The highest BCUT2D eigenvalue weighted by atomic mass is 16.5. The Morgan fingerprint density at radius 2 is 2.08 bits per heavy atom. The fraction of sp³-hybridized carbons (Fsp3) is 0.474. The second kappa shape index (κ2) is 8.51. The van der Waals surface area contributed by atoms with E-state index in [0.29, 0.717) is 13.2 Å². The highest BCUT2D eigenvalue weighted by molar-refractivity contribution is 5.79. The van der Waals surface area contributed by atoms with Crippen molar-refractivity contribution in [1.82, 2.24) is 10.2 Å². The van der Waals surface area contributed by atoms with Crippen LogP contribution in [0.5, 0.6) is 5.75 Å². The molecule has 5 nitrogen and oxygen atoms in total. The van der Waals surface area contributed by atoms with Gasteiger partial charge in [-0.2, -0.15) is 5.26 Å². The van der Waals surface area contributed by atoms with Crippen molar-refractivity contribution in [2.45, 2.75) is 37.8 Å². The van der Waals surface area contributed by atoms with Gasteiger partial charge in [0.25, 0.3) is 0 Å². The normalized spacial score (nSPS) is 15.7. The summed E-state index contributed by atoms with van der Waals surface area (Å²) in [5.74, 6) is 0.711. The Bertz CT molecular complexity index is 598. The van der Waals surface area contributed by atoms with E-state index in [9.17, 15) is 10.1 Å². The van der Waals surface area contributed by atoms with E-state index in [1.807, 2.05) is 36.2 Å². The van der Waals surface area contributed by atoms with E-state index in [4.69, 9.17) is 4.74 Å². The zero-order chi connectivity index (χ0) is 17.4. The molecule has 2 rings (SSSR count). The molecule has 1 aromatic carbocycles. The van der Waals surface area contributed by atoms with Gasteiger partial charge in [-0.1, -0.05) is 24.8 Å². The van der Waals surface area contributed by atoms with Gasteiger partial charge in [0.1, 0.15) is 17.9 Å². The number of amides is 1. The summed E-state index contributed by atoms with van der Waals surface area (Å²) in [5.41, 5.74) is 0.453. The molecule has 1 amide bonds. The highest BCUT2D eigenvalue weighted by Gasteiger charge is 2.35. The van der Waals surface area contributed by atoms with Crippen LogP contribution in [0.1, 0.15) is 31.2 Å². The summed E-state index contributed by atoms with van der Waals surface area (Å²) in [7, 11) is 1.90. The Kier molecular flexibility index (Phi) is 6.39. The van der Waals surface area contributed by atoms with Crippen molar-refractivity contribution in [3.8, 4) is 11.8 Å². The third-order valence-corrected chi connectivity index (χ3v) is 4.21. The second-order valence-corrected chi connectivity index (χ2v) is 6.37. The standard InChI is InChI=1S/C19H25N3O2/c1-3-12-24-17-8-6-16(7-9-17)13-22(2)14-18(23)21-19(15-20)10-4-5-11-19/h3,6-9H,1,4-5,10-14H2,2H3,(H,21,23). The van der Waals surface area contributed by atoms with Crippen LogP contribution in [-0.2, 0) is 11.3 Å². The number of carbonyl (C=O) groups excluding carboxylic acids is 1. The van der Waals surface area contributed by atoms with Crippen LogP contribution in [0.25, 0.3) is 0 Å². The average Bonchev–Trinajstić information content (AvgIpc) is 3.03. The van der Waals surface area contributed by atoms with Crippen LogP contribution in [0.3, 0.4) is 0 Å². The maximum Gasteiger partial charge on any atom is 0.235 e. The number of benzene rings is 1. The Hall–Kier alpha value is -2.32. The second-order valence-electron chi connectivity index (χ2n) is 6.37. The Morgan fingerprint density at radius 1 is 1.42 bits per heavy atom. The molecule has 1 aliphatic carbocycles. The maximum atomic E-state index is 12.2. The predicted molar refractivity (Wildman–Crippen MR) is 93.4 cm³/mol.